The van der Waals surface area contributed by atoms with Gasteiger partial charge in [-0.3, -0.25) is 24.0 Å². The van der Waals surface area contributed by atoms with Crippen molar-refractivity contribution < 1.29 is 28.8 Å². The molecule has 5 aliphatic rings. The van der Waals surface area contributed by atoms with Gasteiger partial charge in [0.05, 0.1) is 12.1 Å². The summed E-state index contributed by atoms with van der Waals surface area (Å²) in [4.78, 5) is 84.7. The minimum Gasteiger partial charge on any atom is -0.347 e. The van der Waals surface area contributed by atoms with E-state index in [2.05, 4.69) is 49.0 Å². The number of carbonyl (C=O) groups excluding carboxylic acids is 6. The van der Waals surface area contributed by atoms with Crippen LogP contribution in [0.4, 0.5) is 4.79 Å². The van der Waals surface area contributed by atoms with Crippen LogP contribution in [0.2, 0.25) is 0 Å². The van der Waals surface area contributed by atoms with Crippen LogP contribution in [0.15, 0.2) is 0 Å². The number of urea groups is 1. The Morgan fingerprint density at radius 1 is 0.900 bits per heavy atom. The summed E-state index contributed by atoms with van der Waals surface area (Å²) < 4.78 is 0. The van der Waals surface area contributed by atoms with Crippen molar-refractivity contribution in [2.24, 2.45) is 28.1 Å². The SMILES string of the molecule is CC1(C)CCN(C[C@@H](NC(=O)N[C@H]2CCCCCCCC[C@@H](C(=O)C(=O)NC3CC3)NC(=O)[C@@H]3C4[C@H](CN3C2=O)C4(C)C)C(C)(C)C)C(=O)C1. The van der Waals surface area contributed by atoms with E-state index in [0.717, 1.165) is 51.4 Å². The van der Waals surface area contributed by atoms with Gasteiger partial charge in [-0.2, -0.15) is 0 Å². The molecule has 0 aromatic carbocycles. The highest BCUT2D eigenvalue weighted by Crippen LogP contribution is 2.65. The summed E-state index contributed by atoms with van der Waals surface area (Å²) in [7, 11) is 0. The van der Waals surface area contributed by atoms with Crippen LogP contribution >= 0.6 is 0 Å². The quantitative estimate of drug-likeness (QED) is 0.298. The Bertz CT molecular complexity index is 1340. The first-order valence-electron chi connectivity index (χ1n) is 19.2. The number of nitrogens with zero attached hydrogens (tertiary/aromatic N) is 2. The molecule has 280 valence electrons. The lowest BCUT2D eigenvalue weighted by Crippen LogP contribution is -2.60. The molecule has 5 rings (SSSR count). The maximum atomic E-state index is 14.4. The standard InChI is InChI=1S/C38H62N6O6/c1-36(2,3)27(22-43-19-18-37(4,5)20-28(43)45)42-35(50)41-26-15-13-11-9-8-10-12-14-25(31(46)33(48)39-23-16-17-23)40-32(47)30-29-24(38(29,6)7)21-44(30)34(26)49/h23-27,29-30H,8-22H2,1-7H3,(H,39,48)(H,40,47)(H2,41,42,50)/t24-,25-,26-,27+,29?,30-/m0/s1. The zero-order valence-electron chi connectivity index (χ0n) is 31.5. The molecule has 3 aliphatic heterocycles. The fraction of sp³-hybridized carbons (Fsp3) is 0.842. The van der Waals surface area contributed by atoms with Gasteiger partial charge in [0.25, 0.3) is 5.91 Å². The number of rotatable bonds is 7. The zero-order valence-corrected chi connectivity index (χ0v) is 31.5. The summed E-state index contributed by atoms with van der Waals surface area (Å²) >= 11 is 0. The smallest absolute Gasteiger partial charge is 0.315 e. The lowest BCUT2D eigenvalue weighted by Gasteiger charge is -2.41. The van der Waals surface area contributed by atoms with Crippen molar-refractivity contribution in [3.8, 4) is 0 Å². The number of hydrogen-bond donors (Lipinski definition) is 4. The van der Waals surface area contributed by atoms with E-state index in [-0.39, 0.29) is 52.0 Å². The molecule has 12 heteroatoms. The van der Waals surface area contributed by atoms with E-state index in [4.69, 9.17) is 0 Å². The highest BCUT2D eigenvalue weighted by atomic mass is 16.2. The maximum absolute atomic E-state index is 14.4. The number of nitrogens with one attached hydrogen (secondary N) is 4. The minimum atomic E-state index is -0.948. The average molecular weight is 699 g/mol. The van der Waals surface area contributed by atoms with E-state index >= 15 is 0 Å². The van der Waals surface area contributed by atoms with Crippen molar-refractivity contribution in [3.63, 3.8) is 0 Å². The van der Waals surface area contributed by atoms with Crippen LogP contribution in [-0.2, 0) is 24.0 Å². The summed E-state index contributed by atoms with van der Waals surface area (Å²) in [5, 5.41) is 11.8. The van der Waals surface area contributed by atoms with Gasteiger partial charge in [0.1, 0.15) is 12.1 Å². The van der Waals surface area contributed by atoms with Gasteiger partial charge in [0, 0.05) is 32.1 Å². The highest BCUT2D eigenvalue weighted by molar-refractivity contribution is 6.38. The number of fused-ring (bicyclic) bond motifs is 3. The predicted octanol–water partition coefficient (Wildman–Crippen LogP) is 3.67. The van der Waals surface area contributed by atoms with Gasteiger partial charge in [0.15, 0.2) is 0 Å². The van der Waals surface area contributed by atoms with Crippen LogP contribution in [0.25, 0.3) is 0 Å². The number of carbonyl (C=O) groups is 6. The Labute approximate surface area is 298 Å². The zero-order chi connectivity index (χ0) is 36.6. The van der Waals surface area contributed by atoms with Crippen molar-refractivity contribution in [2.75, 3.05) is 19.6 Å². The number of Topliss-reactive ketones (excluding diaryl/α,β-unsaturated/α-hetero) is 1. The lowest BCUT2D eigenvalue weighted by molar-refractivity contribution is -0.144. The molecule has 6 amide bonds. The average Bonchev–Trinajstić information content (AvgIpc) is 3.87. The first kappa shape index (κ1) is 38.1. The van der Waals surface area contributed by atoms with Crippen molar-refractivity contribution in [1.82, 2.24) is 31.1 Å². The van der Waals surface area contributed by atoms with Crippen molar-refractivity contribution in [2.45, 2.75) is 156 Å². The molecule has 0 spiro atoms. The third-order valence-electron chi connectivity index (χ3n) is 12.2. The van der Waals surface area contributed by atoms with Gasteiger partial charge < -0.3 is 31.1 Å². The monoisotopic (exact) mass is 698 g/mol. The second kappa shape index (κ2) is 14.8. The molecule has 4 N–H and O–H groups in total. The first-order chi connectivity index (χ1) is 23.4. The molecule has 6 atom stereocenters. The third-order valence-corrected chi connectivity index (χ3v) is 12.2. The predicted molar refractivity (Wildman–Crippen MR) is 190 cm³/mol. The fourth-order valence-electron chi connectivity index (χ4n) is 8.32. The van der Waals surface area contributed by atoms with Crippen molar-refractivity contribution >= 4 is 35.4 Å². The molecule has 2 saturated carbocycles. The fourth-order valence-corrected chi connectivity index (χ4v) is 8.32. The normalized spacial score (nSPS) is 30.9. The topological polar surface area (TPSA) is 157 Å². The molecule has 0 bridgehead atoms. The molecular weight excluding hydrogens is 636 g/mol. The van der Waals surface area contributed by atoms with Gasteiger partial charge >= 0.3 is 6.03 Å². The second-order valence-electron chi connectivity index (χ2n) is 18.3. The van der Waals surface area contributed by atoms with Gasteiger partial charge in [-0.05, 0) is 60.2 Å². The molecule has 50 heavy (non-hydrogen) atoms. The largest absolute Gasteiger partial charge is 0.347 e. The van der Waals surface area contributed by atoms with E-state index in [1.807, 2.05) is 25.7 Å². The Balaban J connectivity index is 1.32. The lowest BCUT2D eigenvalue weighted by atomic mass is 9.81. The number of likely N-dealkylation sites (tertiary alicyclic amines) is 1. The van der Waals surface area contributed by atoms with E-state index in [1.165, 1.54) is 0 Å². The van der Waals surface area contributed by atoms with Crippen LogP contribution in [0.5, 0.6) is 0 Å². The molecule has 0 radical (unpaired) electrons. The molecule has 3 heterocycles. The molecular formula is C38H62N6O6. The van der Waals surface area contributed by atoms with Gasteiger partial charge in [-0.15, -0.1) is 0 Å². The second-order valence-corrected chi connectivity index (χ2v) is 18.3. The minimum absolute atomic E-state index is 0.0281. The number of amides is 6. The summed E-state index contributed by atoms with van der Waals surface area (Å²) in [5.74, 6) is -1.86. The van der Waals surface area contributed by atoms with Crippen LogP contribution in [0, 0.1) is 28.1 Å². The molecule has 2 aliphatic carbocycles. The Kier molecular flexibility index (Phi) is 11.3. The van der Waals surface area contributed by atoms with Crippen LogP contribution in [-0.4, -0.2) is 95.1 Å². The van der Waals surface area contributed by atoms with E-state index < -0.39 is 41.8 Å². The van der Waals surface area contributed by atoms with Gasteiger partial charge in [0.2, 0.25) is 23.5 Å². The van der Waals surface area contributed by atoms with E-state index in [0.29, 0.717) is 45.3 Å². The molecule has 0 aromatic rings. The molecule has 1 unspecified atom stereocenters. The van der Waals surface area contributed by atoms with Crippen LogP contribution < -0.4 is 21.3 Å². The molecule has 12 nitrogen and oxygen atoms in total. The number of ketones is 1. The van der Waals surface area contributed by atoms with Crippen molar-refractivity contribution in [3.05, 3.63) is 0 Å². The highest BCUT2D eigenvalue weighted by Gasteiger charge is 2.69. The molecule has 5 fully saturated rings. The summed E-state index contributed by atoms with van der Waals surface area (Å²) in [6, 6.07) is -3.37. The summed E-state index contributed by atoms with van der Waals surface area (Å²) in [6.07, 6.45) is 8.96. The first-order valence-corrected chi connectivity index (χ1v) is 19.2. The molecule has 3 saturated heterocycles. The van der Waals surface area contributed by atoms with Crippen molar-refractivity contribution in [1.29, 1.82) is 0 Å². The van der Waals surface area contributed by atoms with Gasteiger partial charge in [-0.25, -0.2) is 4.79 Å². The summed E-state index contributed by atoms with van der Waals surface area (Å²) in [6.45, 7) is 15.9. The van der Waals surface area contributed by atoms with Crippen LogP contribution in [0.1, 0.15) is 126 Å². The Morgan fingerprint density at radius 3 is 2.16 bits per heavy atom. The Hall–Kier alpha value is -3.18. The summed E-state index contributed by atoms with van der Waals surface area (Å²) in [5.41, 5.74) is -0.543. The van der Waals surface area contributed by atoms with E-state index in [9.17, 15) is 28.8 Å². The van der Waals surface area contributed by atoms with Gasteiger partial charge in [-0.1, -0.05) is 87.0 Å². The third kappa shape index (κ3) is 8.99. The molecule has 0 aromatic heterocycles. The number of piperidine rings is 2. The maximum Gasteiger partial charge on any atom is 0.315 e. The Morgan fingerprint density at radius 2 is 1.54 bits per heavy atom. The van der Waals surface area contributed by atoms with E-state index in [1.54, 1.807) is 4.90 Å². The number of hydrogen-bond acceptors (Lipinski definition) is 6. The van der Waals surface area contributed by atoms with Crippen LogP contribution in [0.3, 0.4) is 0 Å².